The standard InChI is InChI=1S/C18H17N5O3/c24-17(21-13-5-2-1-3-6-13)14-8-9-16(23-22-14)19-10-11-20-18(25)15-7-4-12-26-15/h1-9,12H,10-11H2,(H,19,23)(H,20,25)(H,21,24). The summed E-state index contributed by atoms with van der Waals surface area (Å²) < 4.78 is 5.00. The van der Waals surface area contributed by atoms with Crippen molar-refractivity contribution in [3.05, 3.63) is 72.3 Å². The number of carbonyl (C=O) groups is 2. The average molecular weight is 351 g/mol. The van der Waals surface area contributed by atoms with E-state index < -0.39 is 0 Å². The van der Waals surface area contributed by atoms with Gasteiger partial charge in [-0.1, -0.05) is 18.2 Å². The van der Waals surface area contributed by atoms with Crippen LogP contribution in [0.3, 0.4) is 0 Å². The Morgan fingerprint density at radius 3 is 2.42 bits per heavy atom. The highest BCUT2D eigenvalue weighted by Crippen LogP contribution is 2.08. The Hall–Kier alpha value is -3.68. The van der Waals surface area contributed by atoms with Crippen LogP contribution in [0, 0.1) is 0 Å². The molecular weight excluding hydrogens is 334 g/mol. The molecule has 0 radical (unpaired) electrons. The molecule has 0 saturated heterocycles. The number of carbonyl (C=O) groups excluding carboxylic acids is 2. The summed E-state index contributed by atoms with van der Waals surface area (Å²) in [4.78, 5) is 23.8. The number of para-hydroxylation sites is 1. The summed E-state index contributed by atoms with van der Waals surface area (Å²) in [6.07, 6.45) is 1.44. The molecule has 8 nitrogen and oxygen atoms in total. The third-order valence-corrected chi connectivity index (χ3v) is 3.39. The second kappa shape index (κ2) is 8.43. The number of hydrogen-bond acceptors (Lipinski definition) is 6. The number of rotatable bonds is 7. The van der Waals surface area contributed by atoms with Crippen molar-refractivity contribution in [3.8, 4) is 0 Å². The molecule has 0 aliphatic carbocycles. The van der Waals surface area contributed by atoms with E-state index >= 15 is 0 Å². The fraction of sp³-hybridized carbons (Fsp3) is 0.111. The van der Waals surface area contributed by atoms with Crippen LogP contribution in [0.15, 0.2) is 65.3 Å². The Morgan fingerprint density at radius 1 is 0.885 bits per heavy atom. The van der Waals surface area contributed by atoms with Gasteiger partial charge in [-0.25, -0.2) is 0 Å². The van der Waals surface area contributed by atoms with E-state index in [4.69, 9.17) is 4.42 Å². The molecule has 0 bridgehead atoms. The fourth-order valence-electron chi connectivity index (χ4n) is 2.13. The minimum Gasteiger partial charge on any atom is -0.459 e. The van der Waals surface area contributed by atoms with Crippen LogP contribution in [0.4, 0.5) is 11.5 Å². The monoisotopic (exact) mass is 351 g/mol. The molecule has 3 rings (SSSR count). The molecule has 8 heteroatoms. The van der Waals surface area contributed by atoms with Gasteiger partial charge in [-0.2, -0.15) is 0 Å². The maximum absolute atomic E-state index is 12.1. The van der Waals surface area contributed by atoms with Crippen molar-refractivity contribution in [1.29, 1.82) is 0 Å². The Labute approximate surface area is 149 Å². The number of benzene rings is 1. The molecule has 26 heavy (non-hydrogen) atoms. The van der Waals surface area contributed by atoms with Gasteiger partial charge in [0.2, 0.25) is 0 Å². The van der Waals surface area contributed by atoms with E-state index in [2.05, 4.69) is 26.1 Å². The van der Waals surface area contributed by atoms with Crippen LogP contribution in [-0.2, 0) is 0 Å². The van der Waals surface area contributed by atoms with Crippen LogP contribution >= 0.6 is 0 Å². The van der Waals surface area contributed by atoms with E-state index in [9.17, 15) is 9.59 Å². The fourth-order valence-corrected chi connectivity index (χ4v) is 2.13. The van der Waals surface area contributed by atoms with Gasteiger partial charge in [0.25, 0.3) is 11.8 Å². The van der Waals surface area contributed by atoms with Crippen LogP contribution in [0.1, 0.15) is 21.0 Å². The van der Waals surface area contributed by atoms with Gasteiger partial charge in [-0.15, -0.1) is 10.2 Å². The summed E-state index contributed by atoms with van der Waals surface area (Å²) in [5, 5.41) is 16.3. The highest BCUT2D eigenvalue weighted by Gasteiger charge is 2.09. The van der Waals surface area contributed by atoms with E-state index in [-0.39, 0.29) is 23.3 Å². The first-order valence-electron chi connectivity index (χ1n) is 7.98. The van der Waals surface area contributed by atoms with Crippen molar-refractivity contribution in [2.24, 2.45) is 0 Å². The predicted molar refractivity (Wildman–Crippen MR) is 96.0 cm³/mol. The van der Waals surface area contributed by atoms with Crippen LogP contribution in [0.5, 0.6) is 0 Å². The van der Waals surface area contributed by atoms with Crippen LogP contribution in [0.2, 0.25) is 0 Å². The maximum Gasteiger partial charge on any atom is 0.287 e. The zero-order valence-corrected chi connectivity index (χ0v) is 13.8. The Balaban J connectivity index is 1.44. The van der Waals surface area contributed by atoms with Crippen molar-refractivity contribution < 1.29 is 14.0 Å². The highest BCUT2D eigenvalue weighted by molar-refractivity contribution is 6.02. The summed E-state index contributed by atoms with van der Waals surface area (Å²) in [6.45, 7) is 0.841. The van der Waals surface area contributed by atoms with Gasteiger partial charge in [0.1, 0.15) is 5.82 Å². The molecule has 1 aromatic carbocycles. The van der Waals surface area contributed by atoms with Crippen molar-refractivity contribution in [2.45, 2.75) is 0 Å². The van der Waals surface area contributed by atoms with Gasteiger partial charge in [-0.3, -0.25) is 9.59 Å². The van der Waals surface area contributed by atoms with Crippen molar-refractivity contribution >= 4 is 23.3 Å². The topological polar surface area (TPSA) is 109 Å². The second-order valence-electron chi connectivity index (χ2n) is 5.28. The minimum absolute atomic E-state index is 0.213. The quantitative estimate of drug-likeness (QED) is 0.563. The van der Waals surface area contributed by atoms with Gasteiger partial charge >= 0.3 is 0 Å². The molecule has 0 atom stereocenters. The molecule has 2 heterocycles. The Morgan fingerprint density at radius 2 is 1.73 bits per heavy atom. The lowest BCUT2D eigenvalue weighted by molar-refractivity contribution is 0.0927. The Kier molecular flexibility index (Phi) is 5.56. The normalized spacial score (nSPS) is 10.2. The third-order valence-electron chi connectivity index (χ3n) is 3.39. The summed E-state index contributed by atoms with van der Waals surface area (Å²) in [5.41, 5.74) is 0.902. The smallest absolute Gasteiger partial charge is 0.287 e. The van der Waals surface area contributed by atoms with Crippen molar-refractivity contribution in [2.75, 3.05) is 23.7 Å². The lowest BCUT2D eigenvalue weighted by Crippen LogP contribution is -2.28. The first-order chi connectivity index (χ1) is 12.7. The van der Waals surface area contributed by atoms with Crippen molar-refractivity contribution in [1.82, 2.24) is 15.5 Å². The molecule has 132 valence electrons. The van der Waals surface area contributed by atoms with Crippen LogP contribution in [-0.4, -0.2) is 35.1 Å². The molecule has 0 saturated carbocycles. The largest absolute Gasteiger partial charge is 0.459 e. The SMILES string of the molecule is O=C(Nc1ccccc1)c1ccc(NCCNC(=O)c2ccco2)nn1. The summed E-state index contributed by atoms with van der Waals surface area (Å²) in [6, 6.07) is 15.6. The molecule has 3 aromatic rings. The second-order valence-corrected chi connectivity index (χ2v) is 5.28. The molecular formula is C18H17N5O3. The molecule has 0 unspecified atom stereocenters. The molecule has 0 fully saturated rings. The van der Waals surface area contributed by atoms with Crippen molar-refractivity contribution in [3.63, 3.8) is 0 Å². The average Bonchev–Trinajstić information content (AvgIpc) is 3.21. The van der Waals surface area contributed by atoms with Gasteiger partial charge in [0.05, 0.1) is 6.26 Å². The molecule has 3 N–H and O–H groups in total. The number of furan rings is 1. The van der Waals surface area contributed by atoms with E-state index in [0.29, 0.717) is 24.6 Å². The van der Waals surface area contributed by atoms with E-state index in [0.717, 1.165) is 0 Å². The van der Waals surface area contributed by atoms with Gasteiger partial charge < -0.3 is 20.4 Å². The zero-order valence-electron chi connectivity index (χ0n) is 13.8. The lowest BCUT2D eigenvalue weighted by atomic mass is 10.3. The molecule has 0 aliphatic rings. The molecule has 0 aliphatic heterocycles. The number of aromatic nitrogens is 2. The number of hydrogen-bond donors (Lipinski definition) is 3. The van der Waals surface area contributed by atoms with Gasteiger partial charge in [0, 0.05) is 18.8 Å². The lowest BCUT2D eigenvalue weighted by Gasteiger charge is -2.07. The first kappa shape index (κ1) is 17.2. The summed E-state index contributed by atoms with van der Waals surface area (Å²) in [7, 11) is 0. The first-order valence-corrected chi connectivity index (χ1v) is 7.98. The molecule has 2 amide bonds. The maximum atomic E-state index is 12.1. The van der Waals surface area contributed by atoms with Gasteiger partial charge in [0.15, 0.2) is 11.5 Å². The molecule has 0 spiro atoms. The Bertz CT molecular complexity index is 848. The third kappa shape index (κ3) is 4.67. The van der Waals surface area contributed by atoms with E-state index in [1.807, 2.05) is 18.2 Å². The van der Waals surface area contributed by atoms with Crippen LogP contribution < -0.4 is 16.0 Å². The number of amides is 2. The summed E-state index contributed by atoms with van der Waals surface area (Å²) in [5.74, 6) is 0.156. The predicted octanol–water partition coefficient (Wildman–Crippen LogP) is 2.16. The number of nitrogens with zero attached hydrogens (tertiary/aromatic N) is 2. The van der Waals surface area contributed by atoms with Crippen LogP contribution in [0.25, 0.3) is 0 Å². The molecule has 2 aromatic heterocycles. The number of nitrogens with one attached hydrogen (secondary N) is 3. The minimum atomic E-state index is -0.332. The zero-order chi connectivity index (χ0) is 18.2. The number of anilines is 2. The summed E-state index contributed by atoms with van der Waals surface area (Å²) >= 11 is 0. The van der Waals surface area contributed by atoms with E-state index in [1.165, 1.54) is 6.26 Å². The van der Waals surface area contributed by atoms with Gasteiger partial charge in [-0.05, 0) is 36.4 Å². The van der Waals surface area contributed by atoms with E-state index in [1.54, 1.807) is 36.4 Å². The highest BCUT2D eigenvalue weighted by atomic mass is 16.3.